The molecule has 0 fully saturated rings. The number of hydrogen-bond acceptors (Lipinski definition) is 4. The lowest BCUT2D eigenvalue weighted by atomic mass is 9.93. The first kappa shape index (κ1) is 15.4. The quantitative estimate of drug-likeness (QED) is 0.825. The highest BCUT2D eigenvalue weighted by Gasteiger charge is 2.28. The molecule has 4 nitrogen and oxygen atoms in total. The Kier molecular flexibility index (Phi) is 5.24. The van der Waals surface area contributed by atoms with Gasteiger partial charge in [0.05, 0.1) is 12.5 Å². The Balaban J connectivity index is 2.93. The molecule has 0 saturated heterocycles. The van der Waals surface area contributed by atoms with Gasteiger partial charge in [-0.1, -0.05) is 30.3 Å². The first-order valence-electron chi connectivity index (χ1n) is 6.33. The summed E-state index contributed by atoms with van der Waals surface area (Å²) in [5.74, 6) is -1.13. The maximum Gasteiger partial charge on any atom is 0.314 e. The Hall–Kier alpha value is -1.68. The first-order chi connectivity index (χ1) is 8.83. The first-order valence-corrected chi connectivity index (χ1v) is 6.33. The standard InChI is InChI=1S/C15H21NO3/c1-15(2,3)19-14(18)13(9-12(17)10-16)11-7-5-4-6-8-11/h4-8,13H,9-10,16H2,1-3H3/t13-/m0/s1. The van der Waals surface area contributed by atoms with Crippen LogP contribution in [0.3, 0.4) is 0 Å². The van der Waals surface area contributed by atoms with Crippen molar-refractivity contribution in [1.29, 1.82) is 0 Å². The number of carbonyl (C=O) groups excluding carboxylic acids is 2. The fourth-order valence-corrected chi connectivity index (χ4v) is 1.71. The van der Waals surface area contributed by atoms with Gasteiger partial charge in [0.2, 0.25) is 0 Å². The number of rotatable bonds is 5. The molecule has 1 aromatic carbocycles. The highest BCUT2D eigenvalue weighted by molar-refractivity contribution is 5.88. The van der Waals surface area contributed by atoms with Crippen LogP contribution in [0, 0.1) is 0 Å². The van der Waals surface area contributed by atoms with Gasteiger partial charge >= 0.3 is 5.97 Å². The monoisotopic (exact) mass is 263 g/mol. The zero-order valence-corrected chi connectivity index (χ0v) is 11.7. The van der Waals surface area contributed by atoms with Crippen molar-refractivity contribution in [2.75, 3.05) is 6.54 Å². The smallest absolute Gasteiger partial charge is 0.314 e. The summed E-state index contributed by atoms with van der Waals surface area (Å²) in [5.41, 5.74) is 5.53. The van der Waals surface area contributed by atoms with E-state index in [4.69, 9.17) is 10.5 Å². The topological polar surface area (TPSA) is 69.4 Å². The van der Waals surface area contributed by atoms with Gasteiger partial charge in [-0.2, -0.15) is 0 Å². The molecule has 1 atom stereocenters. The minimum atomic E-state index is -0.587. The lowest BCUT2D eigenvalue weighted by Crippen LogP contribution is -2.30. The molecule has 104 valence electrons. The van der Waals surface area contributed by atoms with Gasteiger partial charge in [-0.15, -0.1) is 0 Å². The summed E-state index contributed by atoms with van der Waals surface area (Å²) in [6.45, 7) is 5.35. The van der Waals surface area contributed by atoms with Crippen LogP contribution in [-0.2, 0) is 14.3 Å². The van der Waals surface area contributed by atoms with Crippen LogP contribution >= 0.6 is 0 Å². The van der Waals surface area contributed by atoms with Crippen LogP contribution in [0.5, 0.6) is 0 Å². The average molecular weight is 263 g/mol. The summed E-state index contributed by atoms with van der Waals surface area (Å²) in [4.78, 5) is 23.7. The largest absolute Gasteiger partial charge is 0.459 e. The molecule has 0 heterocycles. The summed E-state index contributed by atoms with van der Waals surface area (Å²) in [6.07, 6.45) is 0.0788. The Labute approximate surface area is 113 Å². The second-order valence-electron chi connectivity index (χ2n) is 5.44. The lowest BCUT2D eigenvalue weighted by molar-refractivity contribution is -0.157. The SMILES string of the molecule is CC(C)(C)OC(=O)[C@@H](CC(=O)CN)c1ccccc1. The number of carbonyl (C=O) groups is 2. The molecule has 0 aliphatic rings. The molecule has 19 heavy (non-hydrogen) atoms. The van der Waals surface area contributed by atoms with Gasteiger partial charge in [0.1, 0.15) is 11.4 Å². The molecule has 0 saturated carbocycles. The van der Waals surface area contributed by atoms with Gasteiger partial charge in [0, 0.05) is 6.42 Å². The highest BCUT2D eigenvalue weighted by atomic mass is 16.6. The average Bonchev–Trinajstić information content (AvgIpc) is 2.34. The molecule has 0 spiro atoms. The minimum Gasteiger partial charge on any atom is -0.459 e. The molecule has 1 rings (SSSR count). The number of benzene rings is 1. The molecule has 4 heteroatoms. The zero-order valence-electron chi connectivity index (χ0n) is 11.7. The number of hydrogen-bond donors (Lipinski definition) is 1. The van der Waals surface area contributed by atoms with E-state index in [-0.39, 0.29) is 24.7 Å². The molecular formula is C15H21NO3. The summed E-state index contributed by atoms with van der Waals surface area (Å²) in [5, 5.41) is 0. The van der Waals surface area contributed by atoms with Crippen LogP contribution in [0.2, 0.25) is 0 Å². The third kappa shape index (κ3) is 5.22. The highest BCUT2D eigenvalue weighted by Crippen LogP contribution is 2.24. The van der Waals surface area contributed by atoms with Crippen LogP contribution < -0.4 is 5.73 Å². The summed E-state index contributed by atoms with van der Waals surface area (Å²) in [7, 11) is 0. The van der Waals surface area contributed by atoms with E-state index in [2.05, 4.69) is 0 Å². The van der Waals surface area contributed by atoms with Crippen LogP contribution in [0.4, 0.5) is 0 Å². The van der Waals surface area contributed by atoms with Gasteiger partial charge in [-0.3, -0.25) is 9.59 Å². The number of ether oxygens (including phenoxy) is 1. The molecular weight excluding hydrogens is 242 g/mol. The zero-order chi connectivity index (χ0) is 14.5. The number of esters is 1. The fraction of sp³-hybridized carbons (Fsp3) is 0.467. The van der Waals surface area contributed by atoms with Crippen molar-refractivity contribution in [3.05, 3.63) is 35.9 Å². The lowest BCUT2D eigenvalue weighted by Gasteiger charge is -2.24. The number of Topliss-reactive ketones (excluding diaryl/α,β-unsaturated/α-hetero) is 1. The molecule has 1 aromatic rings. The molecule has 0 unspecified atom stereocenters. The van der Waals surface area contributed by atoms with Gasteiger partial charge in [0.25, 0.3) is 0 Å². The van der Waals surface area contributed by atoms with Crippen LogP contribution in [0.15, 0.2) is 30.3 Å². The van der Waals surface area contributed by atoms with E-state index in [0.29, 0.717) is 0 Å². The van der Waals surface area contributed by atoms with Gasteiger partial charge in [0.15, 0.2) is 0 Å². The molecule has 0 bridgehead atoms. The normalized spacial score (nSPS) is 12.8. The van der Waals surface area contributed by atoms with Crippen LogP contribution in [0.1, 0.15) is 38.7 Å². The van der Waals surface area contributed by atoms with Crippen molar-refractivity contribution in [2.45, 2.75) is 38.7 Å². The predicted molar refractivity (Wildman–Crippen MR) is 73.7 cm³/mol. The molecule has 2 N–H and O–H groups in total. The Morgan fingerprint density at radius 2 is 1.79 bits per heavy atom. The second-order valence-corrected chi connectivity index (χ2v) is 5.44. The Morgan fingerprint density at radius 1 is 1.21 bits per heavy atom. The summed E-state index contributed by atoms with van der Waals surface area (Å²) in [6, 6.07) is 9.16. The van der Waals surface area contributed by atoms with E-state index in [9.17, 15) is 9.59 Å². The Bertz CT molecular complexity index is 434. The van der Waals surface area contributed by atoms with Crippen molar-refractivity contribution in [2.24, 2.45) is 5.73 Å². The predicted octanol–water partition coefficient (Wildman–Crippen LogP) is 2.03. The van der Waals surface area contributed by atoms with E-state index >= 15 is 0 Å². The van der Waals surface area contributed by atoms with Crippen molar-refractivity contribution in [3.8, 4) is 0 Å². The molecule has 0 radical (unpaired) electrons. The summed E-state index contributed by atoms with van der Waals surface area (Å²) >= 11 is 0. The second kappa shape index (κ2) is 6.48. The van der Waals surface area contributed by atoms with E-state index in [1.54, 1.807) is 20.8 Å². The van der Waals surface area contributed by atoms with Crippen molar-refractivity contribution in [3.63, 3.8) is 0 Å². The maximum atomic E-state index is 12.2. The van der Waals surface area contributed by atoms with Crippen LogP contribution in [0.25, 0.3) is 0 Å². The van der Waals surface area contributed by atoms with Crippen molar-refractivity contribution < 1.29 is 14.3 Å². The molecule has 0 aromatic heterocycles. The molecule has 0 aliphatic carbocycles. The molecule has 0 aliphatic heterocycles. The summed E-state index contributed by atoms with van der Waals surface area (Å²) < 4.78 is 5.37. The van der Waals surface area contributed by atoms with E-state index in [1.165, 1.54) is 0 Å². The molecule has 0 amide bonds. The number of ketones is 1. The van der Waals surface area contributed by atoms with Crippen molar-refractivity contribution in [1.82, 2.24) is 0 Å². The fourth-order valence-electron chi connectivity index (χ4n) is 1.71. The Morgan fingerprint density at radius 3 is 2.26 bits per heavy atom. The third-order valence-corrected chi connectivity index (χ3v) is 2.55. The number of nitrogens with two attached hydrogens (primary N) is 1. The van der Waals surface area contributed by atoms with Gasteiger partial charge in [-0.05, 0) is 26.3 Å². The third-order valence-electron chi connectivity index (χ3n) is 2.55. The van der Waals surface area contributed by atoms with E-state index in [0.717, 1.165) is 5.56 Å². The maximum absolute atomic E-state index is 12.2. The van der Waals surface area contributed by atoms with Gasteiger partial charge < -0.3 is 10.5 Å². The minimum absolute atomic E-state index is 0.0634. The van der Waals surface area contributed by atoms with Crippen LogP contribution in [-0.4, -0.2) is 23.9 Å². The van der Waals surface area contributed by atoms with Gasteiger partial charge in [-0.25, -0.2) is 0 Å². The van der Waals surface area contributed by atoms with E-state index < -0.39 is 11.5 Å². The van der Waals surface area contributed by atoms with Crippen molar-refractivity contribution >= 4 is 11.8 Å². The van der Waals surface area contributed by atoms with E-state index in [1.807, 2.05) is 30.3 Å².